The summed E-state index contributed by atoms with van der Waals surface area (Å²) in [5.74, 6) is 0.268. The highest BCUT2D eigenvalue weighted by molar-refractivity contribution is 7.12. The topological polar surface area (TPSA) is 77.5 Å². The van der Waals surface area contributed by atoms with Gasteiger partial charge < -0.3 is 14.8 Å². The van der Waals surface area contributed by atoms with Crippen LogP contribution in [0.4, 0.5) is 5.69 Å². The van der Waals surface area contributed by atoms with Gasteiger partial charge in [-0.1, -0.05) is 12.1 Å². The van der Waals surface area contributed by atoms with Gasteiger partial charge in [-0.25, -0.2) is 9.78 Å². The molecule has 0 aliphatic carbocycles. The van der Waals surface area contributed by atoms with Crippen molar-refractivity contribution in [1.82, 2.24) is 4.98 Å². The van der Waals surface area contributed by atoms with Crippen molar-refractivity contribution >= 4 is 40.2 Å². The van der Waals surface area contributed by atoms with Crippen LogP contribution in [0.1, 0.15) is 30.7 Å². The van der Waals surface area contributed by atoms with Gasteiger partial charge in [-0.05, 0) is 60.8 Å². The fourth-order valence-corrected chi connectivity index (χ4v) is 3.93. The third-order valence-electron chi connectivity index (χ3n) is 4.19. The highest BCUT2D eigenvalue weighted by atomic mass is 32.1. The van der Waals surface area contributed by atoms with Crippen LogP contribution in [0.15, 0.2) is 71.4 Å². The van der Waals surface area contributed by atoms with Crippen LogP contribution in [0.2, 0.25) is 0 Å². The Bertz CT molecular complexity index is 1180. The van der Waals surface area contributed by atoms with Crippen molar-refractivity contribution in [3.05, 3.63) is 92.6 Å². The van der Waals surface area contributed by atoms with Crippen molar-refractivity contribution in [3.8, 4) is 11.5 Å². The zero-order valence-electron chi connectivity index (χ0n) is 16.5. The molecule has 31 heavy (non-hydrogen) atoms. The molecule has 0 saturated carbocycles. The van der Waals surface area contributed by atoms with Gasteiger partial charge in [0.25, 0.3) is 5.91 Å². The second-order valence-corrected chi connectivity index (χ2v) is 8.53. The molecule has 4 aromatic rings. The van der Waals surface area contributed by atoms with E-state index in [0.29, 0.717) is 34.2 Å². The van der Waals surface area contributed by atoms with Gasteiger partial charge in [-0.15, -0.1) is 22.7 Å². The molecule has 4 rings (SSSR count). The summed E-state index contributed by atoms with van der Waals surface area (Å²) in [6, 6.07) is 17.0. The van der Waals surface area contributed by atoms with Crippen molar-refractivity contribution in [1.29, 1.82) is 0 Å². The predicted molar refractivity (Wildman–Crippen MR) is 121 cm³/mol. The molecule has 0 saturated heterocycles. The molecule has 8 heteroatoms. The number of ether oxygens (including phenoxy) is 2. The van der Waals surface area contributed by atoms with E-state index in [1.165, 1.54) is 11.3 Å². The van der Waals surface area contributed by atoms with Crippen LogP contribution in [-0.2, 0) is 6.61 Å². The number of rotatable bonds is 7. The third kappa shape index (κ3) is 5.56. The monoisotopic (exact) mass is 450 g/mol. The van der Waals surface area contributed by atoms with Gasteiger partial charge in [0.05, 0.1) is 21.1 Å². The van der Waals surface area contributed by atoms with E-state index in [0.717, 1.165) is 10.7 Å². The molecular formula is C23H18N2O4S2. The minimum Gasteiger partial charge on any atom is -0.487 e. The number of nitrogens with one attached hydrogen (secondary N) is 1. The zero-order chi connectivity index (χ0) is 21.6. The van der Waals surface area contributed by atoms with Crippen LogP contribution in [0, 0.1) is 6.92 Å². The summed E-state index contributed by atoms with van der Waals surface area (Å²) in [6.07, 6.45) is 0. The van der Waals surface area contributed by atoms with Gasteiger partial charge in [0.1, 0.15) is 18.1 Å². The summed E-state index contributed by atoms with van der Waals surface area (Å²) in [7, 11) is 0. The SMILES string of the molecule is Cc1nc(COc2cccc(C(=O)Oc3ccc(NC(=O)c4cccs4)cc3)c2)cs1. The molecule has 2 aromatic carbocycles. The first-order chi connectivity index (χ1) is 15.1. The van der Waals surface area contributed by atoms with Gasteiger partial charge in [0, 0.05) is 11.1 Å². The molecule has 2 aromatic heterocycles. The van der Waals surface area contributed by atoms with Gasteiger partial charge in [-0.2, -0.15) is 0 Å². The number of hydrogen-bond donors (Lipinski definition) is 1. The number of nitrogens with zero attached hydrogens (tertiary/aromatic N) is 1. The predicted octanol–water partition coefficient (Wildman–Crippen LogP) is 5.56. The van der Waals surface area contributed by atoms with Crippen LogP contribution in [0.25, 0.3) is 0 Å². The van der Waals surface area contributed by atoms with E-state index in [-0.39, 0.29) is 5.91 Å². The molecule has 0 fully saturated rings. The van der Waals surface area contributed by atoms with Crippen molar-refractivity contribution in [2.45, 2.75) is 13.5 Å². The fraction of sp³-hybridized carbons (Fsp3) is 0.0870. The van der Waals surface area contributed by atoms with Crippen molar-refractivity contribution in [2.24, 2.45) is 0 Å². The number of esters is 1. The van der Waals surface area contributed by atoms with E-state index in [4.69, 9.17) is 9.47 Å². The largest absolute Gasteiger partial charge is 0.487 e. The van der Waals surface area contributed by atoms with Crippen LogP contribution >= 0.6 is 22.7 Å². The molecule has 1 N–H and O–H groups in total. The van der Waals surface area contributed by atoms with Crippen LogP contribution in [0.3, 0.4) is 0 Å². The maximum Gasteiger partial charge on any atom is 0.343 e. The number of hydrogen-bond acceptors (Lipinski definition) is 7. The summed E-state index contributed by atoms with van der Waals surface area (Å²) in [5.41, 5.74) is 1.84. The molecule has 0 spiro atoms. The standard InChI is InChI=1S/C23H18N2O4S2/c1-15-24-18(14-31-15)13-28-20-5-2-4-16(12-20)23(27)29-19-9-7-17(8-10-19)25-22(26)21-6-3-11-30-21/h2-12,14H,13H2,1H3,(H,25,26). The average Bonchev–Trinajstić information content (AvgIpc) is 3.46. The zero-order valence-corrected chi connectivity index (χ0v) is 18.2. The van der Waals surface area contributed by atoms with E-state index in [1.54, 1.807) is 65.9 Å². The number of carbonyl (C=O) groups excluding carboxylic acids is 2. The Hall–Kier alpha value is -3.49. The first-order valence-corrected chi connectivity index (χ1v) is 11.1. The number of aromatic nitrogens is 1. The lowest BCUT2D eigenvalue weighted by Gasteiger charge is -2.08. The van der Waals surface area contributed by atoms with Gasteiger partial charge in [-0.3, -0.25) is 4.79 Å². The Balaban J connectivity index is 1.35. The fourth-order valence-electron chi connectivity index (χ4n) is 2.72. The van der Waals surface area contributed by atoms with E-state index < -0.39 is 5.97 Å². The number of aryl methyl sites for hydroxylation is 1. The summed E-state index contributed by atoms with van der Waals surface area (Å²) in [6.45, 7) is 2.27. The number of anilines is 1. The molecule has 0 unspecified atom stereocenters. The maximum absolute atomic E-state index is 12.5. The minimum atomic E-state index is -0.495. The first kappa shape index (κ1) is 20.8. The molecule has 2 heterocycles. The Kier molecular flexibility index (Phi) is 6.40. The van der Waals surface area contributed by atoms with Crippen molar-refractivity contribution < 1.29 is 19.1 Å². The lowest BCUT2D eigenvalue weighted by molar-refractivity contribution is 0.0734. The molecular weight excluding hydrogens is 432 g/mol. The Labute approximate surface area is 187 Å². The number of benzene rings is 2. The van der Waals surface area contributed by atoms with Gasteiger partial charge in [0.15, 0.2) is 0 Å². The maximum atomic E-state index is 12.5. The summed E-state index contributed by atoms with van der Waals surface area (Å²) >= 11 is 2.93. The van der Waals surface area contributed by atoms with Crippen molar-refractivity contribution in [2.75, 3.05) is 5.32 Å². The highest BCUT2D eigenvalue weighted by Gasteiger charge is 2.11. The summed E-state index contributed by atoms with van der Waals surface area (Å²) in [4.78, 5) is 29.6. The first-order valence-electron chi connectivity index (χ1n) is 9.38. The number of amides is 1. The van der Waals surface area contributed by atoms with Crippen LogP contribution in [0.5, 0.6) is 11.5 Å². The normalized spacial score (nSPS) is 10.5. The Morgan fingerprint density at radius 1 is 1.00 bits per heavy atom. The van der Waals surface area contributed by atoms with E-state index >= 15 is 0 Å². The smallest absolute Gasteiger partial charge is 0.343 e. The van der Waals surface area contributed by atoms with E-state index in [9.17, 15) is 9.59 Å². The molecule has 0 atom stereocenters. The highest BCUT2D eigenvalue weighted by Crippen LogP contribution is 2.21. The van der Waals surface area contributed by atoms with E-state index in [2.05, 4.69) is 10.3 Å². The quantitative estimate of drug-likeness (QED) is 0.294. The average molecular weight is 451 g/mol. The minimum absolute atomic E-state index is 0.177. The second-order valence-electron chi connectivity index (χ2n) is 6.52. The number of thiophene rings is 1. The Morgan fingerprint density at radius 2 is 1.84 bits per heavy atom. The molecule has 0 radical (unpaired) electrons. The van der Waals surface area contributed by atoms with Crippen LogP contribution < -0.4 is 14.8 Å². The second kappa shape index (κ2) is 9.55. The van der Waals surface area contributed by atoms with Crippen LogP contribution in [-0.4, -0.2) is 16.9 Å². The molecule has 0 aliphatic rings. The summed E-state index contributed by atoms with van der Waals surface area (Å²) in [5, 5.41) is 7.57. The lowest BCUT2D eigenvalue weighted by Crippen LogP contribution is -2.11. The van der Waals surface area contributed by atoms with Gasteiger partial charge in [0.2, 0.25) is 0 Å². The molecule has 0 aliphatic heterocycles. The van der Waals surface area contributed by atoms with Crippen molar-refractivity contribution in [3.63, 3.8) is 0 Å². The third-order valence-corrected chi connectivity index (χ3v) is 5.88. The van der Waals surface area contributed by atoms with Gasteiger partial charge >= 0.3 is 5.97 Å². The summed E-state index contributed by atoms with van der Waals surface area (Å²) < 4.78 is 11.2. The van der Waals surface area contributed by atoms with E-state index in [1.807, 2.05) is 23.8 Å². The molecule has 156 valence electrons. The molecule has 0 bridgehead atoms. The lowest BCUT2D eigenvalue weighted by atomic mass is 10.2. The number of thiazole rings is 1. The molecule has 6 nitrogen and oxygen atoms in total. The number of carbonyl (C=O) groups is 2. The Morgan fingerprint density at radius 3 is 2.55 bits per heavy atom. The molecule has 1 amide bonds.